The molecule has 4 nitrogen and oxygen atoms in total. The summed E-state index contributed by atoms with van der Waals surface area (Å²) in [7, 11) is 0. The van der Waals surface area contributed by atoms with E-state index in [9.17, 15) is 9.59 Å². The molecule has 0 unspecified atom stereocenters. The van der Waals surface area contributed by atoms with Crippen LogP contribution >= 0.6 is 11.3 Å². The maximum atomic E-state index is 12.7. The van der Waals surface area contributed by atoms with E-state index in [2.05, 4.69) is 4.98 Å². The highest BCUT2D eigenvalue weighted by atomic mass is 32.1. The van der Waals surface area contributed by atoms with Crippen molar-refractivity contribution in [3.05, 3.63) is 45.4 Å². The van der Waals surface area contributed by atoms with Gasteiger partial charge < -0.3 is 4.90 Å². The monoisotopic (exact) mass is 286 g/mol. The first-order valence-corrected chi connectivity index (χ1v) is 7.27. The second kappa shape index (κ2) is 4.83. The van der Waals surface area contributed by atoms with Gasteiger partial charge in [-0.05, 0) is 26.0 Å². The van der Waals surface area contributed by atoms with E-state index >= 15 is 0 Å². The number of amides is 1. The Hall–Kier alpha value is -2.01. The number of ketones is 1. The number of carbonyl (C=O) groups is 2. The van der Waals surface area contributed by atoms with Crippen LogP contribution in [0.3, 0.4) is 0 Å². The van der Waals surface area contributed by atoms with Gasteiger partial charge in [0.15, 0.2) is 5.78 Å². The lowest BCUT2D eigenvalue weighted by Crippen LogP contribution is -2.37. The molecule has 2 heterocycles. The number of para-hydroxylation sites is 1. The molecule has 102 valence electrons. The number of thiazole rings is 1. The molecule has 0 atom stereocenters. The Kier molecular flexibility index (Phi) is 3.14. The maximum Gasteiger partial charge on any atom is 0.270 e. The topological polar surface area (TPSA) is 50.3 Å². The van der Waals surface area contributed by atoms with Crippen LogP contribution in [0.5, 0.6) is 0 Å². The van der Waals surface area contributed by atoms with Crippen LogP contribution < -0.4 is 4.90 Å². The lowest BCUT2D eigenvalue weighted by Gasteiger charge is -2.28. The molecular formula is C15H14N2O2S. The molecule has 1 aromatic heterocycles. The highest BCUT2D eigenvalue weighted by Crippen LogP contribution is 2.30. The summed E-state index contributed by atoms with van der Waals surface area (Å²) in [5, 5.41) is 0.882. The lowest BCUT2D eigenvalue weighted by molar-refractivity contribution is 0.0956. The van der Waals surface area contributed by atoms with Crippen LogP contribution in [0.15, 0.2) is 24.3 Å². The zero-order valence-electron chi connectivity index (χ0n) is 11.3. The molecule has 1 aliphatic heterocycles. The van der Waals surface area contributed by atoms with Gasteiger partial charge in [0, 0.05) is 18.5 Å². The van der Waals surface area contributed by atoms with E-state index in [1.807, 2.05) is 32.0 Å². The molecule has 0 aliphatic carbocycles. The standard InChI is InChI=1S/C15H14N2O2S/c1-9-14(20-10(2)16-9)15(19)17-8-7-13(18)11-5-3-4-6-12(11)17/h3-6H,7-8H2,1-2H3. The Labute approximate surface area is 121 Å². The molecule has 0 spiro atoms. The number of hydrogen-bond donors (Lipinski definition) is 0. The van der Waals surface area contributed by atoms with Crippen molar-refractivity contribution in [3.63, 3.8) is 0 Å². The Morgan fingerprint density at radius 3 is 2.75 bits per heavy atom. The summed E-state index contributed by atoms with van der Waals surface area (Å²) in [4.78, 5) is 31.3. The second-order valence-electron chi connectivity index (χ2n) is 4.79. The number of aryl methyl sites for hydroxylation is 2. The fourth-order valence-corrected chi connectivity index (χ4v) is 3.35. The Bertz CT molecular complexity index is 706. The first-order valence-electron chi connectivity index (χ1n) is 6.46. The third-order valence-corrected chi connectivity index (χ3v) is 4.46. The van der Waals surface area contributed by atoms with E-state index in [-0.39, 0.29) is 11.7 Å². The van der Waals surface area contributed by atoms with E-state index in [4.69, 9.17) is 0 Å². The first kappa shape index (κ1) is 13.0. The average Bonchev–Trinajstić information content (AvgIpc) is 2.78. The normalized spacial score (nSPS) is 14.3. The molecule has 0 saturated heterocycles. The Morgan fingerprint density at radius 2 is 2.05 bits per heavy atom. The summed E-state index contributed by atoms with van der Waals surface area (Å²) in [6.45, 7) is 4.17. The Morgan fingerprint density at radius 1 is 1.30 bits per heavy atom. The molecule has 1 aromatic carbocycles. The van der Waals surface area contributed by atoms with Gasteiger partial charge in [0.25, 0.3) is 5.91 Å². The van der Waals surface area contributed by atoms with Crippen LogP contribution in [0.4, 0.5) is 5.69 Å². The number of hydrogen-bond acceptors (Lipinski definition) is 4. The predicted octanol–water partition coefficient (Wildman–Crippen LogP) is 2.99. The zero-order valence-corrected chi connectivity index (χ0v) is 12.2. The quantitative estimate of drug-likeness (QED) is 0.809. The van der Waals surface area contributed by atoms with E-state index in [0.717, 1.165) is 10.7 Å². The smallest absolute Gasteiger partial charge is 0.270 e. The molecule has 0 fully saturated rings. The number of anilines is 1. The number of Topliss-reactive ketones (excluding diaryl/α,β-unsaturated/α-hetero) is 1. The third kappa shape index (κ3) is 2.04. The number of carbonyl (C=O) groups excluding carboxylic acids is 2. The van der Waals surface area contributed by atoms with Crippen molar-refractivity contribution in [2.45, 2.75) is 20.3 Å². The number of benzene rings is 1. The van der Waals surface area contributed by atoms with E-state index in [1.165, 1.54) is 11.3 Å². The average molecular weight is 286 g/mol. The summed E-state index contributed by atoms with van der Waals surface area (Å²) in [6.07, 6.45) is 0.375. The van der Waals surface area contributed by atoms with Crippen molar-refractivity contribution < 1.29 is 9.59 Å². The highest BCUT2D eigenvalue weighted by Gasteiger charge is 2.29. The highest BCUT2D eigenvalue weighted by molar-refractivity contribution is 7.13. The van der Waals surface area contributed by atoms with Gasteiger partial charge in [-0.25, -0.2) is 4.98 Å². The minimum Gasteiger partial charge on any atom is -0.306 e. The van der Waals surface area contributed by atoms with Gasteiger partial charge in [0.05, 0.1) is 16.4 Å². The minimum absolute atomic E-state index is 0.0620. The zero-order chi connectivity index (χ0) is 14.3. The lowest BCUT2D eigenvalue weighted by atomic mass is 10.0. The second-order valence-corrected chi connectivity index (χ2v) is 6.00. The van der Waals surface area contributed by atoms with Gasteiger partial charge in [-0.1, -0.05) is 12.1 Å². The maximum absolute atomic E-state index is 12.7. The van der Waals surface area contributed by atoms with Gasteiger partial charge in [-0.2, -0.15) is 0 Å². The molecule has 1 aliphatic rings. The van der Waals surface area contributed by atoms with Crippen molar-refractivity contribution in [2.24, 2.45) is 0 Å². The van der Waals surface area contributed by atoms with Gasteiger partial charge >= 0.3 is 0 Å². The molecule has 0 radical (unpaired) electrons. The van der Waals surface area contributed by atoms with Crippen LogP contribution in [0, 0.1) is 13.8 Å². The number of nitrogens with zero attached hydrogens (tertiary/aromatic N) is 2. The molecule has 0 bridgehead atoms. The summed E-state index contributed by atoms with van der Waals surface area (Å²) in [5.41, 5.74) is 2.09. The predicted molar refractivity (Wildman–Crippen MR) is 78.7 cm³/mol. The van der Waals surface area contributed by atoms with E-state index < -0.39 is 0 Å². The van der Waals surface area contributed by atoms with Crippen molar-refractivity contribution in [1.82, 2.24) is 4.98 Å². The van der Waals surface area contributed by atoms with Gasteiger partial charge in [0.2, 0.25) is 0 Å². The minimum atomic E-state index is -0.0620. The fraction of sp³-hybridized carbons (Fsp3) is 0.267. The summed E-state index contributed by atoms with van der Waals surface area (Å²) >= 11 is 1.40. The number of fused-ring (bicyclic) bond motifs is 1. The largest absolute Gasteiger partial charge is 0.306 e. The summed E-state index contributed by atoms with van der Waals surface area (Å²) < 4.78 is 0. The van der Waals surface area contributed by atoms with Crippen molar-refractivity contribution >= 4 is 28.7 Å². The van der Waals surface area contributed by atoms with Gasteiger partial charge in [-0.3, -0.25) is 9.59 Å². The molecule has 2 aromatic rings. The van der Waals surface area contributed by atoms with Crippen LogP contribution in [0.25, 0.3) is 0 Å². The van der Waals surface area contributed by atoms with Gasteiger partial charge in [-0.15, -0.1) is 11.3 Å². The van der Waals surface area contributed by atoms with Crippen LogP contribution in [-0.4, -0.2) is 23.2 Å². The molecule has 0 N–H and O–H groups in total. The van der Waals surface area contributed by atoms with E-state index in [0.29, 0.717) is 29.1 Å². The summed E-state index contributed by atoms with van der Waals surface area (Å²) in [6, 6.07) is 7.28. The molecule has 1 amide bonds. The molecule has 0 saturated carbocycles. The fourth-order valence-electron chi connectivity index (χ4n) is 2.48. The first-order chi connectivity index (χ1) is 9.58. The molecule has 5 heteroatoms. The molecule has 20 heavy (non-hydrogen) atoms. The Balaban J connectivity index is 2.04. The molecular weight excluding hydrogens is 272 g/mol. The number of rotatable bonds is 1. The SMILES string of the molecule is Cc1nc(C)c(C(=O)N2CCC(=O)c3ccccc32)s1. The molecule has 3 rings (SSSR count). The van der Waals surface area contributed by atoms with Crippen LogP contribution in [0.1, 0.15) is 37.2 Å². The van der Waals surface area contributed by atoms with Crippen LogP contribution in [-0.2, 0) is 0 Å². The summed E-state index contributed by atoms with van der Waals surface area (Å²) in [5.74, 6) is 0.0370. The third-order valence-electron chi connectivity index (χ3n) is 3.40. The van der Waals surface area contributed by atoms with Crippen LogP contribution in [0.2, 0.25) is 0 Å². The van der Waals surface area contributed by atoms with Gasteiger partial charge in [0.1, 0.15) is 4.88 Å². The van der Waals surface area contributed by atoms with Crippen molar-refractivity contribution in [3.8, 4) is 0 Å². The van der Waals surface area contributed by atoms with E-state index in [1.54, 1.807) is 11.0 Å². The number of aromatic nitrogens is 1. The van der Waals surface area contributed by atoms with Crippen molar-refractivity contribution in [1.29, 1.82) is 0 Å². The van der Waals surface area contributed by atoms with Crippen molar-refractivity contribution in [2.75, 3.05) is 11.4 Å².